The van der Waals surface area contributed by atoms with E-state index in [0.29, 0.717) is 41.2 Å². The van der Waals surface area contributed by atoms with Gasteiger partial charge in [0.2, 0.25) is 0 Å². The molecule has 0 radical (unpaired) electrons. The summed E-state index contributed by atoms with van der Waals surface area (Å²) in [7, 11) is 3.95. The Bertz CT molecular complexity index is 1260. The first kappa shape index (κ1) is 21.7. The van der Waals surface area contributed by atoms with Crippen LogP contribution >= 0.6 is 0 Å². The van der Waals surface area contributed by atoms with Crippen LogP contribution in [-0.2, 0) is 6.42 Å². The van der Waals surface area contributed by atoms with Crippen molar-refractivity contribution in [2.75, 3.05) is 24.7 Å². The third-order valence-electron chi connectivity index (χ3n) is 5.25. The number of hydrogen-bond acceptors (Lipinski definition) is 6. The van der Waals surface area contributed by atoms with Crippen LogP contribution in [0.1, 0.15) is 26.1 Å². The van der Waals surface area contributed by atoms with E-state index in [2.05, 4.69) is 4.98 Å². The lowest BCUT2D eigenvalue weighted by atomic mass is 10.0. The number of nitrogen functional groups attached to an aromatic ring is 1. The van der Waals surface area contributed by atoms with Gasteiger partial charge < -0.3 is 15.7 Å². The molecule has 4 aromatic rings. The Hall–Kier alpha value is -3.52. The number of aliphatic hydroxyl groups is 1. The van der Waals surface area contributed by atoms with E-state index >= 15 is 0 Å². The minimum absolute atomic E-state index is 0.252. The van der Waals surface area contributed by atoms with Gasteiger partial charge in [0.15, 0.2) is 17.0 Å². The first-order chi connectivity index (χ1) is 15.1. The fraction of sp³-hybridized carbons (Fsp3) is 0.292. The van der Waals surface area contributed by atoms with Crippen LogP contribution in [0, 0.1) is 5.82 Å². The lowest BCUT2D eigenvalue weighted by Crippen LogP contribution is -2.20. The Morgan fingerprint density at radius 2 is 1.78 bits per heavy atom. The zero-order chi connectivity index (χ0) is 23.0. The monoisotopic (exact) mass is 434 g/mol. The molecule has 2 heterocycles. The fourth-order valence-corrected chi connectivity index (χ4v) is 3.52. The Morgan fingerprint density at radius 1 is 1.06 bits per heavy atom. The lowest BCUT2D eigenvalue weighted by Gasteiger charge is -2.16. The highest BCUT2D eigenvalue weighted by Crippen LogP contribution is 2.31. The largest absolute Gasteiger partial charge is 0.390 e. The molecule has 0 spiro atoms. The van der Waals surface area contributed by atoms with E-state index in [1.807, 2.05) is 47.8 Å². The molecule has 3 N–H and O–H groups in total. The van der Waals surface area contributed by atoms with Gasteiger partial charge in [0, 0.05) is 37.5 Å². The fourth-order valence-electron chi connectivity index (χ4n) is 3.52. The smallest absolute Gasteiger partial charge is 0.170 e. The van der Waals surface area contributed by atoms with E-state index in [9.17, 15) is 9.50 Å². The number of aromatic nitrogens is 4. The molecule has 0 atom stereocenters. The Balaban J connectivity index is 1.93. The van der Waals surface area contributed by atoms with E-state index in [0.717, 1.165) is 11.4 Å². The summed E-state index contributed by atoms with van der Waals surface area (Å²) in [5.41, 5.74) is 8.88. The highest BCUT2D eigenvalue weighted by atomic mass is 19.1. The molecule has 2 aromatic heterocycles. The molecule has 0 bridgehead atoms. The standard InChI is InChI=1S/C24H27FN6O/c1-24(2,32)13-12-19-27-21(26)20-23(28-19)31(18-10-8-17(9-11-18)30(3)4)22(29-20)15-6-5-7-16(25)14-15/h5-11,14,32H,12-13H2,1-4H3,(H2,26,27,28). The van der Waals surface area contributed by atoms with Gasteiger partial charge in [-0.05, 0) is 56.7 Å². The number of aryl methyl sites for hydroxylation is 1. The van der Waals surface area contributed by atoms with E-state index in [1.165, 1.54) is 12.1 Å². The van der Waals surface area contributed by atoms with Crippen LogP contribution in [0.3, 0.4) is 0 Å². The molecule has 0 saturated heterocycles. The van der Waals surface area contributed by atoms with Crippen molar-refractivity contribution in [1.82, 2.24) is 19.5 Å². The molecule has 0 aliphatic carbocycles. The number of anilines is 2. The number of halogens is 1. The summed E-state index contributed by atoms with van der Waals surface area (Å²) in [6.45, 7) is 3.49. The van der Waals surface area contributed by atoms with Crippen molar-refractivity contribution < 1.29 is 9.50 Å². The third kappa shape index (κ3) is 4.40. The van der Waals surface area contributed by atoms with E-state index in [-0.39, 0.29) is 11.6 Å². The average molecular weight is 435 g/mol. The highest BCUT2D eigenvalue weighted by molar-refractivity contribution is 5.87. The second kappa shape index (κ2) is 8.20. The van der Waals surface area contributed by atoms with E-state index in [1.54, 1.807) is 26.0 Å². The molecule has 0 aliphatic rings. The number of imidazole rings is 1. The van der Waals surface area contributed by atoms with Gasteiger partial charge >= 0.3 is 0 Å². The molecule has 0 unspecified atom stereocenters. The van der Waals surface area contributed by atoms with Gasteiger partial charge in [-0.15, -0.1) is 0 Å². The molecule has 32 heavy (non-hydrogen) atoms. The van der Waals surface area contributed by atoms with E-state index in [4.69, 9.17) is 15.7 Å². The Kier molecular flexibility index (Phi) is 5.56. The van der Waals surface area contributed by atoms with Crippen molar-refractivity contribution in [1.29, 1.82) is 0 Å². The van der Waals surface area contributed by atoms with Crippen LogP contribution in [0.15, 0.2) is 48.5 Å². The predicted octanol–water partition coefficient (Wildman–Crippen LogP) is 3.97. The second-order valence-electron chi connectivity index (χ2n) is 8.70. The normalized spacial score (nSPS) is 11.8. The topological polar surface area (TPSA) is 93.1 Å². The number of rotatable bonds is 6. The quantitative estimate of drug-likeness (QED) is 0.477. The summed E-state index contributed by atoms with van der Waals surface area (Å²) in [5.74, 6) is 0.947. The first-order valence-corrected chi connectivity index (χ1v) is 10.4. The zero-order valence-corrected chi connectivity index (χ0v) is 18.7. The van der Waals surface area contributed by atoms with Gasteiger partial charge in [-0.2, -0.15) is 0 Å². The molecule has 0 fully saturated rings. The van der Waals surface area contributed by atoms with Crippen LogP contribution in [0.4, 0.5) is 15.9 Å². The van der Waals surface area contributed by atoms with Gasteiger partial charge in [-0.3, -0.25) is 4.57 Å². The SMILES string of the molecule is CN(C)c1ccc(-n2c(-c3cccc(F)c3)nc3c(N)nc(CCC(C)(C)O)nc32)cc1. The molecule has 0 saturated carbocycles. The summed E-state index contributed by atoms with van der Waals surface area (Å²) in [6.07, 6.45) is 0.948. The number of nitrogens with two attached hydrogens (primary N) is 1. The predicted molar refractivity (Wildman–Crippen MR) is 125 cm³/mol. The Morgan fingerprint density at radius 3 is 2.41 bits per heavy atom. The number of benzene rings is 2. The Labute approximate surface area is 186 Å². The van der Waals surface area contributed by atoms with Gasteiger partial charge in [0.05, 0.1) is 5.60 Å². The third-order valence-corrected chi connectivity index (χ3v) is 5.25. The molecule has 0 amide bonds. The highest BCUT2D eigenvalue weighted by Gasteiger charge is 2.21. The molecule has 166 valence electrons. The summed E-state index contributed by atoms with van der Waals surface area (Å²) in [6, 6.07) is 14.2. The van der Waals surface area contributed by atoms with Crippen LogP contribution in [0.5, 0.6) is 0 Å². The minimum Gasteiger partial charge on any atom is -0.390 e. The molecular formula is C24H27FN6O. The number of nitrogens with zero attached hydrogens (tertiary/aromatic N) is 5. The summed E-state index contributed by atoms with van der Waals surface area (Å²) < 4.78 is 15.9. The molecule has 7 nitrogen and oxygen atoms in total. The van der Waals surface area contributed by atoms with Crippen molar-refractivity contribution in [3.8, 4) is 17.1 Å². The van der Waals surface area contributed by atoms with Crippen LogP contribution < -0.4 is 10.6 Å². The molecule has 4 rings (SSSR count). The van der Waals surface area contributed by atoms with Crippen LogP contribution in [0.25, 0.3) is 28.2 Å². The molecular weight excluding hydrogens is 407 g/mol. The lowest BCUT2D eigenvalue weighted by molar-refractivity contribution is 0.0708. The number of fused-ring (bicyclic) bond motifs is 1. The summed E-state index contributed by atoms with van der Waals surface area (Å²) >= 11 is 0. The van der Waals surface area contributed by atoms with Crippen molar-refractivity contribution in [2.45, 2.75) is 32.3 Å². The van der Waals surface area contributed by atoms with Gasteiger partial charge in [0.25, 0.3) is 0 Å². The van der Waals surface area contributed by atoms with E-state index < -0.39 is 5.60 Å². The van der Waals surface area contributed by atoms with Crippen LogP contribution in [-0.4, -0.2) is 44.3 Å². The van der Waals surface area contributed by atoms with Crippen molar-refractivity contribution in [3.05, 3.63) is 60.2 Å². The van der Waals surface area contributed by atoms with Gasteiger partial charge in [-0.25, -0.2) is 19.3 Å². The minimum atomic E-state index is -0.845. The molecule has 8 heteroatoms. The number of hydrogen-bond donors (Lipinski definition) is 2. The summed E-state index contributed by atoms with van der Waals surface area (Å²) in [4.78, 5) is 15.8. The second-order valence-corrected chi connectivity index (χ2v) is 8.70. The average Bonchev–Trinajstić information content (AvgIpc) is 3.12. The van der Waals surface area contributed by atoms with Crippen molar-refractivity contribution in [3.63, 3.8) is 0 Å². The maximum absolute atomic E-state index is 14.0. The summed E-state index contributed by atoms with van der Waals surface area (Å²) in [5, 5.41) is 10.1. The van der Waals surface area contributed by atoms with Gasteiger partial charge in [-0.1, -0.05) is 12.1 Å². The van der Waals surface area contributed by atoms with Crippen molar-refractivity contribution in [2.24, 2.45) is 0 Å². The molecule has 0 aliphatic heterocycles. The van der Waals surface area contributed by atoms with Crippen LogP contribution in [0.2, 0.25) is 0 Å². The maximum Gasteiger partial charge on any atom is 0.170 e. The van der Waals surface area contributed by atoms with Gasteiger partial charge in [0.1, 0.15) is 17.5 Å². The maximum atomic E-state index is 14.0. The van der Waals surface area contributed by atoms with Crippen molar-refractivity contribution >= 4 is 22.7 Å². The molecule has 2 aromatic carbocycles. The zero-order valence-electron chi connectivity index (χ0n) is 18.7. The first-order valence-electron chi connectivity index (χ1n) is 10.4.